The maximum atomic E-state index is 12.2. The Balaban J connectivity index is 1.84. The van der Waals surface area contributed by atoms with Gasteiger partial charge in [0, 0.05) is 26.3 Å². The molecule has 2 fully saturated rings. The third-order valence-corrected chi connectivity index (χ3v) is 3.48. The molecule has 102 valence electrons. The average Bonchev–Trinajstić information content (AvgIpc) is 3.12. The first-order valence-corrected chi connectivity index (χ1v) is 6.43. The molecule has 0 spiro atoms. The van der Waals surface area contributed by atoms with Gasteiger partial charge in [0.1, 0.15) is 0 Å². The van der Waals surface area contributed by atoms with Crippen LogP contribution >= 0.6 is 0 Å². The number of carbonyl (C=O) groups is 2. The molecule has 1 saturated carbocycles. The van der Waals surface area contributed by atoms with Crippen molar-refractivity contribution in [2.45, 2.75) is 37.3 Å². The minimum absolute atomic E-state index is 0.0785. The molecule has 2 amide bonds. The molecule has 0 bridgehead atoms. The van der Waals surface area contributed by atoms with Crippen LogP contribution in [0.3, 0.4) is 0 Å². The van der Waals surface area contributed by atoms with Crippen LogP contribution in [0.25, 0.3) is 0 Å². The summed E-state index contributed by atoms with van der Waals surface area (Å²) < 4.78 is 5.21. The van der Waals surface area contributed by atoms with Crippen molar-refractivity contribution in [3.63, 3.8) is 0 Å². The molecule has 1 heterocycles. The smallest absolute Gasteiger partial charge is 0.243 e. The van der Waals surface area contributed by atoms with Crippen LogP contribution in [0.4, 0.5) is 0 Å². The van der Waals surface area contributed by atoms with Crippen molar-refractivity contribution in [3.05, 3.63) is 0 Å². The highest BCUT2D eigenvalue weighted by atomic mass is 16.5. The number of ether oxygens (including phenoxy) is 1. The van der Waals surface area contributed by atoms with E-state index in [1.807, 2.05) is 0 Å². The van der Waals surface area contributed by atoms with Gasteiger partial charge < -0.3 is 20.7 Å². The fourth-order valence-electron chi connectivity index (χ4n) is 2.12. The van der Waals surface area contributed by atoms with Crippen LogP contribution in [0.15, 0.2) is 0 Å². The minimum Gasteiger partial charge on any atom is -0.381 e. The van der Waals surface area contributed by atoms with Crippen LogP contribution in [0.2, 0.25) is 0 Å². The number of hydrogen-bond acceptors (Lipinski definition) is 4. The normalized spacial score (nSPS) is 22.3. The molecule has 1 aliphatic heterocycles. The Morgan fingerprint density at radius 1 is 1.39 bits per heavy atom. The van der Waals surface area contributed by atoms with E-state index in [1.165, 1.54) is 4.90 Å². The first-order chi connectivity index (χ1) is 8.51. The van der Waals surface area contributed by atoms with Crippen molar-refractivity contribution in [3.8, 4) is 0 Å². The van der Waals surface area contributed by atoms with Crippen molar-refractivity contribution in [1.29, 1.82) is 0 Å². The molecule has 0 aromatic carbocycles. The van der Waals surface area contributed by atoms with Gasteiger partial charge in [-0.05, 0) is 25.7 Å². The van der Waals surface area contributed by atoms with Gasteiger partial charge in [-0.1, -0.05) is 0 Å². The Hall–Kier alpha value is -1.14. The van der Waals surface area contributed by atoms with Gasteiger partial charge in [-0.3, -0.25) is 9.59 Å². The van der Waals surface area contributed by atoms with Gasteiger partial charge in [0.2, 0.25) is 11.8 Å². The lowest BCUT2D eigenvalue weighted by Gasteiger charge is -2.35. The van der Waals surface area contributed by atoms with Gasteiger partial charge in [-0.2, -0.15) is 0 Å². The summed E-state index contributed by atoms with van der Waals surface area (Å²) in [6.45, 7) is 1.09. The van der Waals surface area contributed by atoms with Gasteiger partial charge in [0.05, 0.1) is 12.1 Å². The molecule has 3 N–H and O–H groups in total. The number of amides is 2. The van der Waals surface area contributed by atoms with Gasteiger partial charge in [0.15, 0.2) is 0 Å². The van der Waals surface area contributed by atoms with Crippen LogP contribution in [0, 0.1) is 0 Å². The molecule has 6 nitrogen and oxygen atoms in total. The van der Waals surface area contributed by atoms with E-state index in [2.05, 4.69) is 5.32 Å². The molecule has 0 aromatic heterocycles. The first-order valence-electron chi connectivity index (χ1n) is 6.43. The summed E-state index contributed by atoms with van der Waals surface area (Å²) in [5.41, 5.74) is 5.22. The SMILES string of the molecule is CN(CC(=O)NC1CC1)C(=O)C1(N)CCOCC1. The lowest BCUT2D eigenvalue weighted by molar-refractivity contribution is -0.142. The lowest BCUT2D eigenvalue weighted by Crippen LogP contribution is -2.58. The third kappa shape index (κ3) is 3.20. The molecule has 2 aliphatic rings. The molecule has 1 aliphatic carbocycles. The maximum absolute atomic E-state index is 12.2. The van der Waals surface area contributed by atoms with E-state index < -0.39 is 5.54 Å². The van der Waals surface area contributed by atoms with Gasteiger partial charge in [-0.25, -0.2) is 0 Å². The molecule has 18 heavy (non-hydrogen) atoms. The van der Waals surface area contributed by atoms with E-state index in [-0.39, 0.29) is 18.4 Å². The van der Waals surface area contributed by atoms with Crippen LogP contribution < -0.4 is 11.1 Å². The summed E-state index contributed by atoms with van der Waals surface area (Å²) in [5, 5.41) is 2.86. The van der Waals surface area contributed by atoms with Gasteiger partial charge >= 0.3 is 0 Å². The van der Waals surface area contributed by atoms with Crippen molar-refractivity contribution >= 4 is 11.8 Å². The highest BCUT2D eigenvalue weighted by Crippen LogP contribution is 2.20. The van der Waals surface area contributed by atoms with Crippen LogP contribution in [0.1, 0.15) is 25.7 Å². The quantitative estimate of drug-likeness (QED) is 0.691. The Kier molecular flexibility index (Phi) is 3.87. The summed E-state index contributed by atoms with van der Waals surface area (Å²) in [4.78, 5) is 25.3. The summed E-state index contributed by atoms with van der Waals surface area (Å²) in [7, 11) is 1.62. The average molecular weight is 255 g/mol. The van der Waals surface area contributed by atoms with Crippen LogP contribution in [-0.4, -0.2) is 55.1 Å². The number of hydrogen-bond donors (Lipinski definition) is 2. The highest BCUT2D eigenvalue weighted by molar-refractivity contribution is 5.90. The van der Waals surface area contributed by atoms with Crippen molar-refractivity contribution in [2.75, 3.05) is 26.8 Å². The van der Waals surface area contributed by atoms with E-state index >= 15 is 0 Å². The molecular weight excluding hydrogens is 234 g/mol. The molecule has 0 atom stereocenters. The number of rotatable bonds is 4. The predicted molar refractivity (Wildman–Crippen MR) is 65.8 cm³/mol. The zero-order valence-corrected chi connectivity index (χ0v) is 10.8. The number of likely N-dealkylation sites (N-methyl/N-ethyl adjacent to an activating group) is 1. The molecule has 1 saturated heterocycles. The fraction of sp³-hybridized carbons (Fsp3) is 0.833. The van der Waals surface area contributed by atoms with E-state index in [1.54, 1.807) is 7.05 Å². The van der Waals surface area contributed by atoms with E-state index in [4.69, 9.17) is 10.5 Å². The standard InChI is InChI=1S/C12H21N3O3/c1-15(8-10(16)14-9-2-3-9)11(17)12(13)4-6-18-7-5-12/h9H,2-8,13H2,1H3,(H,14,16). The predicted octanol–water partition coefficient (Wildman–Crippen LogP) is -0.769. The minimum atomic E-state index is -0.868. The number of carbonyl (C=O) groups excluding carboxylic acids is 2. The van der Waals surface area contributed by atoms with Crippen molar-refractivity contribution < 1.29 is 14.3 Å². The zero-order valence-electron chi connectivity index (χ0n) is 10.8. The molecule has 0 aromatic rings. The fourth-order valence-corrected chi connectivity index (χ4v) is 2.12. The number of nitrogens with two attached hydrogens (primary N) is 1. The zero-order chi connectivity index (χ0) is 13.2. The summed E-state index contributed by atoms with van der Waals surface area (Å²) in [6, 6.07) is 0.316. The first kappa shape index (κ1) is 13.3. The van der Waals surface area contributed by atoms with Crippen LogP contribution in [0.5, 0.6) is 0 Å². The van der Waals surface area contributed by atoms with Gasteiger partial charge in [0.25, 0.3) is 0 Å². The molecular formula is C12H21N3O3. The molecule has 2 rings (SSSR count). The second-order valence-electron chi connectivity index (χ2n) is 5.27. The van der Waals surface area contributed by atoms with Crippen molar-refractivity contribution in [2.24, 2.45) is 5.73 Å². The van der Waals surface area contributed by atoms with Crippen LogP contribution in [-0.2, 0) is 14.3 Å². The second-order valence-corrected chi connectivity index (χ2v) is 5.27. The second kappa shape index (κ2) is 5.24. The van der Waals surface area contributed by atoms with Gasteiger partial charge in [-0.15, -0.1) is 0 Å². The Bertz CT molecular complexity index is 335. The van der Waals surface area contributed by atoms with Crippen molar-refractivity contribution in [1.82, 2.24) is 10.2 Å². The summed E-state index contributed by atoms with van der Waals surface area (Å²) in [5.74, 6) is -0.277. The Morgan fingerprint density at radius 3 is 2.56 bits per heavy atom. The third-order valence-electron chi connectivity index (χ3n) is 3.48. The number of nitrogens with one attached hydrogen (secondary N) is 1. The molecule has 6 heteroatoms. The largest absolute Gasteiger partial charge is 0.381 e. The monoisotopic (exact) mass is 255 g/mol. The summed E-state index contributed by atoms with van der Waals surface area (Å²) in [6.07, 6.45) is 3.12. The van der Waals surface area contributed by atoms with E-state index in [0.717, 1.165) is 12.8 Å². The van der Waals surface area contributed by atoms with E-state index in [0.29, 0.717) is 32.1 Å². The maximum Gasteiger partial charge on any atom is 0.243 e. The molecule has 0 unspecified atom stereocenters. The highest BCUT2D eigenvalue weighted by Gasteiger charge is 2.38. The van der Waals surface area contributed by atoms with E-state index in [9.17, 15) is 9.59 Å². The summed E-state index contributed by atoms with van der Waals surface area (Å²) >= 11 is 0. The number of nitrogens with zero attached hydrogens (tertiary/aromatic N) is 1. The Morgan fingerprint density at radius 2 is 2.00 bits per heavy atom. The molecule has 0 radical (unpaired) electrons. The lowest BCUT2D eigenvalue weighted by atomic mass is 9.90. The Labute approximate surface area is 107 Å². The topological polar surface area (TPSA) is 84.7 Å².